The van der Waals surface area contributed by atoms with Gasteiger partial charge in [-0.3, -0.25) is 4.79 Å². The van der Waals surface area contributed by atoms with Crippen LogP contribution in [0.3, 0.4) is 0 Å². The number of phenolic OH excluding ortho intramolecular Hbond substituents is 1. The van der Waals surface area contributed by atoms with Crippen molar-refractivity contribution in [2.24, 2.45) is 0 Å². The Labute approximate surface area is 252 Å². The van der Waals surface area contributed by atoms with Crippen LogP contribution in [0.4, 0.5) is 11.8 Å². The third-order valence-electron chi connectivity index (χ3n) is 8.48. The van der Waals surface area contributed by atoms with Gasteiger partial charge >= 0.3 is 5.97 Å². The van der Waals surface area contributed by atoms with Gasteiger partial charge in [0.2, 0.25) is 11.9 Å². The summed E-state index contributed by atoms with van der Waals surface area (Å²) in [5.74, 6) is 1.53. The number of fused-ring (bicyclic) bond motifs is 2. The molecule has 3 N–H and O–H groups in total. The summed E-state index contributed by atoms with van der Waals surface area (Å²) in [6.07, 6.45) is 6.99. The van der Waals surface area contributed by atoms with Crippen molar-refractivity contribution < 1.29 is 24.2 Å². The van der Waals surface area contributed by atoms with Crippen molar-refractivity contribution >= 4 is 34.5 Å². The number of hydrogen-bond donors (Lipinski definition) is 3. The van der Waals surface area contributed by atoms with E-state index in [1.807, 2.05) is 63.2 Å². The molecule has 43 heavy (non-hydrogen) atoms. The Morgan fingerprint density at radius 3 is 2.58 bits per heavy atom. The molecular formula is C33H41N5O5. The molecule has 1 aromatic heterocycles. The third kappa shape index (κ3) is 6.53. The van der Waals surface area contributed by atoms with Crippen molar-refractivity contribution in [1.82, 2.24) is 15.3 Å². The van der Waals surface area contributed by atoms with Gasteiger partial charge in [0.15, 0.2) is 0 Å². The largest absolute Gasteiger partial charge is 0.507 e. The quantitative estimate of drug-likeness (QED) is 0.217. The molecule has 2 aromatic carbocycles. The van der Waals surface area contributed by atoms with Crippen LogP contribution >= 0.6 is 0 Å². The van der Waals surface area contributed by atoms with Crippen molar-refractivity contribution in [1.29, 1.82) is 0 Å². The summed E-state index contributed by atoms with van der Waals surface area (Å²) in [5.41, 5.74) is 4.20. The van der Waals surface area contributed by atoms with Gasteiger partial charge in [-0.1, -0.05) is 23.8 Å². The second kappa shape index (κ2) is 12.9. The molecule has 1 aliphatic carbocycles. The smallest absolute Gasteiger partial charge is 0.342 e. The van der Waals surface area contributed by atoms with Gasteiger partial charge < -0.3 is 30.1 Å². The number of para-hydroxylation sites is 1. The molecule has 1 amide bonds. The number of methoxy groups -OCH3 is 1. The standard InChI is InChI=1S/C33H41N5O5/c1-19(10-16-24-29(40)28-25(18-43-32(28)41)20(2)30(24)42-5)11-17-27(39)34-21-12-14-22(15-13-21)35-33-36-26-9-7-6-8-23(26)31(37-33)38(3)4/h6-10,21-22,40H,11-18H2,1-5H3,(H,34,39)(H,35,36,37). The number of phenols is 1. The lowest BCUT2D eigenvalue weighted by molar-refractivity contribution is -0.122. The van der Waals surface area contributed by atoms with E-state index in [2.05, 4.69) is 10.6 Å². The molecule has 1 saturated carbocycles. The molecule has 2 heterocycles. The molecule has 0 radical (unpaired) electrons. The molecule has 10 nitrogen and oxygen atoms in total. The fourth-order valence-corrected chi connectivity index (χ4v) is 6.05. The van der Waals surface area contributed by atoms with Gasteiger partial charge in [0.25, 0.3) is 0 Å². The van der Waals surface area contributed by atoms with E-state index in [1.54, 1.807) is 7.11 Å². The highest BCUT2D eigenvalue weighted by molar-refractivity contribution is 5.98. The second-order valence-corrected chi connectivity index (χ2v) is 11.7. The van der Waals surface area contributed by atoms with Gasteiger partial charge in [0, 0.05) is 49.1 Å². The summed E-state index contributed by atoms with van der Waals surface area (Å²) >= 11 is 0. The highest BCUT2D eigenvalue weighted by Gasteiger charge is 2.32. The Morgan fingerprint density at radius 1 is 1.14 bits per heavy atom. The zero-order valence-electron chi connectivity index (χ0n) is 25.6. The van der Waals surface area contributed by atoms with Gasteiger partial charge in [-0.05, 0) is 70.1 Å². The fraction of sp³-hybridized carbons (Fsp3) is 0.455. The number of ether oxygens (including phenoxy) is 2. The first-order valence-electron chi connectivity index (χ1n) is 14.9. The summed E-state index contributed by atoms with van der Waals surface area (Å²) < 4.78 is 10.7. The molecule has 2 aliphatic rings. The van der Waals surface area contributed by atoms with Crippen LogP contribution in [-0.2, 0) is 22.6 Å². The summed E-state index contributed by atoms with van der Waals surface area (Å²) in [6, 6.07) is 8.44. The Balaban J connectivity index is 1.11. The minimum atomic E-state index is -0.512. The molecule has 0 spiro atoms. The van der Waals surface area contributed by atoms with Gasteiger partial charge in [-0.2, -0.15) is 4.98 Å². The number of aromatic nitrogens is 2. The van der Waals surface area contributed by atoms with Crippen molar-refractivity contribution in [3.8, 4) is 11.5 Å². The average Bonchev–Trinajstić information content (AvgIpc) is 3.39. The zero-order valence-corrected chi connectivity index (χ0v) is 25.6. The van der Waals surface area contributed by atoms with E-state index < -0.39 is 5.97 Å². The zero-order chi connectivity index (χ0) is 30.7. The van der Waals surface area contributed by atoms with Gasteiger partial charge in [-0.15, -0.1) is 0 Å². The highest BCUT2D eigenvalue weighted by atomic mass is 16.5. The average molecular weight is 588 g/mol. The molecule has 5 rings (SSSR count). The van der Waals surface area contributed by atoms with E-state index in [-0.39, 0.29) is 35.9 Å². The number of rotatable bonds is 10. The lowest BCUT2D eigenvalue weighted by Gasteiger charge is -2.30. The van der Waals surface area contributed by atoms with E-state index in [4.69, 9.17) is 19.4 Å². The van der Waals surface area contributed by atoms with Crippen LogP contribution in [0, 0.1) is 6.92 Å². The Kier molecular flexibility index (Phi) is 9.03. The summed E-state index contributed by atoms with van der Waals surface area (Å²) in [5, 5.41) is 18.6. The number of nitrogens with zero attached hydrogens (tertiary/aromatic N) is 3. The lowest BCUT2D eigenvalue weighted by Crippen LogP contribution is -2.40. The maximum atomic E-state index is 12.8. The van der Waals surface area contributed by atoms with Crippen LogP contribution in [0.5, 0.6) is 11.5 Å². The lowest BCUT2D eigenvalue weighted by atomic mass is 9.91. The first-order chi connectivity index (χ1) is 20.7. The summed E-state index contributed by atoms with van der Waals surface area (Å²) in [6.45, 7) is 3.98. The van der Waals surface area contributed by atoms with Gasteiger partial charge in [0.1, 0.15) is 29.5 Å². The van der Waals surface area contributed by atoms with Gasteiger partial charge in [0.05, 0.1) is 12.6 Å². The van der Waals surface area contributed by atoms with Crippen LogP contribution in [0.2, 0.25) is 0 Å². The second-order valence-electron chi connectivity index (χ2n) is 11.7. The van der Waals surface area contributed by atoms with E-state index in [9.17, 15) is 14.7 Å². The summed E-state index contributed by atoms with van der Waals surface area (Å²) in [7, 11) is 5.53. The number of esters is 1. The van der Waals surface area contributed by atoms with Crippen molar-refractivity contribution in [3.05, 3.63) is 58.2 Å². The van der Waals surface area contributed by atoms with Crippen molar-refractivity contribution in [2.45, 2.75) is 77.5 Å². The number of cyclic esters (lactones) is 1. The number of amides is 1. The number of hydrogen-bond acceptors (Lipinski definition) is 9. The molecule has 228 valence electrons. The molecule has 0 atom stereocenters. The number of nitrogens with one attached hydrogen (secondary N) is 2. The molecule has 3 aromatic rings. The topological polar surface area (TPSA) is 126 Å². The Hall–Kier alpha value is -4.34. The first-order valence-corrected chi connectivity index (χ1v) is 14.9. The minimum absolute atomic E-state index is 0.0363. The number of aromatic hydroxyl groups is 1. The fourth-order valence-electron chi connectivity index (χ4n) is 6.05. The first kappa shape index (κ1) is 30.1. The van der Waals surface area contributed by atoms with E-state index >= 15 is 0 Å². The maximum Gasteiger partial charge on any atom is 0.342 e. The molecular weight excluding hydrogens is 546 g/mol. The van der Waals surface area contributed by atoms with E-state index in [0.29, 0.717) is 42.1 Å². The molecule has 10 heteroatoms. The Morgan fingerprint density at radius 2 is 1.86 bits per heavy atom. The van der Waals surface area contributed by atoms with Crippen LogP contribution in [-0.4, -0.2) is 60.2 Å². The molecule has 1 fully saturated rings. The Bertz CT molecular complexity index is 1560. The molecule has 1 aliphatic heterocycles. The van der Waals surface area contributed by atoms with Crippen LogP contribution < -0.4 is 20.3 Å². The molecule has 0 unspecified atom stereocenters. The highest BCUT2D eigenvalue weighted by Crippen LogP contribution is 2.42. The number of allylic oxidation sites excluding steroid dienone is 2. The number of benzene rings is 2. The molecule has 0 saturated heterocycles. The van der Waals surface area contributed by atoms with Crippen molar-refractivity contribution in [2.75, 3.05) is 31.4 Å². The summed E-state index contributed by atoms with van der Waals surface area (Å²) in [4.78, 5) is 36.4. The monoisotopic (exact) mass is 587 g/mol. The van der Waals surface area contributed by atoms with Crippen LogP contribution in [0.15, 0.2) is 35.9 Å². The van der Waals surface area contributed by atoms with E-state index in [0.717, 1.165) is 53.5 Å². The van der Waals surface area contributed by atoms with Gasteiger partial charge in [-0.25, -0.2) is 9.78 Å². The number of anilines is 2. The number of carbonyl (C=O) groups excluding carboxylic acids is 2. The van der Waals surface area contributed by atoms with Crippen LogP contribution in [0.1, 0.15) is 72.5 Å². The third-order valence-corrected chi connectivity index (χ3v) is 8.48. The predicted octanol–water partition coefficient (Wildman–Crippen LogP) is 5.20. The maximum absolute atomic E-state index is 12.8. The van der Waals surface area contributed by atoms with Crippen molar-refractivity contribution in [3.63, 3.8) is 0 Å². The van der Waals surface area contributed by atoms with E-state index in [1.165, 1.54) is 0 Å². The number of carbonyl (C=O) groups is 2. The SMILES string of the molecule is COc1c(C)c2c(c(O)c1CC=C(C)CCC(=O)NC1CCC(Nc3nc(N(C)C)c4ccccc4n3)CC1)C(=O)OC2. The normalized spacial score (nSPS) is 18.3. The molecule has 0 bridgehead atoms. The minimum Gasteiger partial charge on any atom is -0.507 e. The predicted molar refractivity (Wildman–Crippen MR) is 167 cm³/mol. The van der Waals surface area contributed by atoms with Crippen LogP contribution in [0.25, 0.3) is 10.9 Å².